The van der Waals surface area contributed by atoms with Gasteiger partial charge in [-0.1, -0.05) is 17.7 Å². The number of hydrogen-bond donors (Lipinski definition) is 1. The Morgan fingerprint density at radius 3 is 2.33 bits per heavy atom. The van der Waals surface area contributed by atoms with E-state index in [0.717, 1.165) is 5.56 Å². The van der Waals surface area contributed by atoms with E-state index in [2.05, 4.69) is 4.72 Å². The van der Waals surface area contributed by atoms with Crippen molar-refractivity contribution in [1.82, 2.24) is 9.62 Å². The van der Waals surface area contributed by atoms with E-state index in [1.54, 1.807) is 19.2 Å². The Bertz CT molecular complexity index is 590. The summed E-state index contributed by atoms with van der Waals surface area (Å²) in [4.78, 5) is 13.6. The van der Waals surface area contributed by atoms with Gasteiger partial charge < -0.3 is 9.64 Å². The summed E-state index contributed by atoms with van der Waals surface area (Å²) in [6.45, 7) is 2.86. The van der Waals surface area contributed by atoms with Crippen LogP contribution in [0.2, 0.25) is 0 Å². The SMILES string of the molecule is COC1CCN(C(=O)NS(=O)(=O)c2ccc(C)cc2)CC1. The molecule has 0 atom stereocenters. The number of urea groups is 1. The highest BCUT2D eigenvalue weighted by Crippen LogP contribution is 2.14. The van der Waals surface area contributed by atoms with Crippen LogP contribution in [-0.4, -0.2) is 45.7 Å². The van der Waals surface area contributed by atoms with Crippen LogP contribution in [0.4, 0.5) is 4.79 Å². The van der Waals surface area contributed by atoms with Gasteiger partial charge in [0.15, 0.2) is 0 Å². The number of nitrogens with zero attached hydrogens (tertiary/aromatic N) is 1. The molecule has 1 aromatic rings. The third-order valence-corrected chi connectivity index (χ3v) is 4.95. The van der Waals surface area contributed by atoms with Crippen molar-refractivity contribution in [1.29, 1.82) is 0 Å². The van der Waals surface area contributed by atoms with Crippen molar-refractivity contribution in [3.63, 3.8) is 0 Å². The first-order valence-corrected chi connectivity index (χ1v) is 8.32. The maximum Gasteiger partial charge on any atom is 0.331 e. The van der Waals surface area contributed by atoms with Crippen molar-refractivity contribution in [2.75, 3.05) is 20.2 Å². The van der Waals surface area contributed by atoms with Gasteiger partial charge in [-0.3, -0.25) is 0 Å². The molecule has 1 aliphatic rings. The molecule has 1 aliphatic heterocycles. The molecule has 116 valence electrons. The molecule has 0 radical (unpaired) electrons. The first kappa shape index (κ1) is 15.8. The van der Waals surface area contributed by atoms with Crippen LogP contribution in [0.25, 0.3) is 0 Å². The molecule has 1 N–H and O–H groups in total. The van der Waals surface area contributed by atoms with Crippen molar-refractivity contribution in [2.24, 2.45) is 0 Å². The zero-order valence-electron chi connectivity index (χ0n) is 12.2. The van der Waals surface area contributed by atoms with Crippen LogP contribution in [-0.2, 0) is 14.8 Å². The molecular weight excluding hydrogens is 292 g/mol. The van der Waals surface area contributed by atoms with Crippen LogP contribution in [0.15, 0.2) is 29.2 Å². The van der Waals surface area contributed by atoms with Crippen LogP contribution < -0.4 is 4.72 Å². The molecule has 0 saturated carbocycles. The number of carbonyl (C=O) groups excluding carboxylic acids is 1. The first-order chi connectivity index (χ1) is 9.92. The average molecular weight is 312 g/mol. The molecule has 1 aromatic carbocycles. The Labute approximate surface area is 125 Å². The molecule has 0 aromatic heterocycles. The quantitative estimate of drug-likeness (QED) is 0.918. The molecular formula is C14H20N2O4S. The van der Waals surface area contributed by atoms with E-state index in [-0.39, 0.29) is 11.0 Å². The van der Waals surface area contributed by atoms with Crippen molar-refractivity contribution in [3.05, 3.63) is 29.8 Å². The average Bonchev–Trinajstić information content (AvgIpc) is 2.47. The van der Waals surface area contributed by atoms with E-state index in [1.807, 2.05) is 6.92 Å². The molecule has 1 heterocycles. The molecule has 1 fully saturated rings. The predicted octanol–water partition coefficient (Wildman–Crippen LogP) is 1.50. The standard InChI is InChI=1S/C14H20N2O4S/c1-11-3-5-13(6-4-11)21(18,19)15-14(17)16-9-7-12(20-2)8-10-16/h3-6,12H,7-10H2,1-2H3,(H,15,17). The fraction of sp³-hybridized carbons (Fsp3) is 0.500. The van der Waals surface area contributed by atoms with Gasteiger partial charge in [0.2, 0.25) is 0 Å². The minimum atomic E-state index is -3.82. The van der Waals surface area contributed by atoms with Crippen LogP contribution in [0, 0.1) is 6.92 Å². The zero-order valence-corrected chi connectivity index (χ0v) is 13.0. The molecule has 7 heteroatoms. The summed E-state index contributed by atoms with van der Waals surface area (Å²) in [6.07, 6.45) is 1.57. The maximum absolute atomic E-state index is 12.1. The fourth-order valence-electron chi connectivity index (χ4n) is 2.25. The van der Waals surface area contributed by atoms with E-state index >= 15 is 0 Å². The lowest BCUT2D eigenvalue weighted by molar-refractivity contribution is 0.0511. The van der Waals surface area contributed by atoms with Gasteiger partial charge in [0.05, 0.1) is 11.0 Å². The number of aryl methyl sites for hydroxylation is 1. The summed E-state index contributed by atoms with van der Waals surface area (Å²) in [5.41, 5.74) is 0.960. The molecule has 0 unspecified atom stereocenters. The number of hydrogen-bond acceptors (Lipinski definition) is 4. The minimum absolute atomic E-state index is 0.0910. The number of nitrogens with one attached hydrogen (secondary N) is 1. The molecule has 21 heavy (non-hydrogen) atoms. The van der Waals surface area contributed by atoms with Crippen molar-refractivity contribution in [3.8, 4) is 0 Å². The number of carbonyl (C=O) groups is 1. The molecule has 0 bridgehead atoms. The Kier molecular flexibility index (Phi) is 4.84. The van der Waals surface area contributed by atoms with Crippen molar-refractivity contribution >= 4 is 16.1 Å². The lowest BCUT2D eigenvalue weighted by Crippen LogP contribution is -2.47. The molecule has 2 rings (SSSR count). The van der Waals surface area contributed by atoms with E-state index in [0.29, 0.717) is 25.9 Å². The summed E-state index contributed by atoms with van der Waals surface area (Å²) in [5.74, 6) is 0. The van der Waals surface area contributed by atoms with Crippen LogP contribution in [0.3, 0.4) is 0 Å². The summed E-state index contributed by atoms with van der Waals surface area (Å²) >= 11 is 0. The van der Waals surface area contributed by atoms with E-state index in [1.165, 1.54) is 17.0 Å². The van der Waals surface area contributed by atoms with Gasteiger partial charge in [-0.05, 0) is 31.9 Å². The number of likely N-dealkylation sites (tertiary alicyclic amines) is 1. The van der Waals surface area contributed by atoms with Crippen LogP contribution in [0.5, 0.6) is 0 Å². The van der Waals surface area contributed by atoms with Gasteiger partial charge in [0.1, 0.15) is 0 Å². The van der Waals surface area contributed by atoms with Crippen LogP contribution in [0.1, 0.15) is 18.4 Å². The summed E-state index contributed by atoms with van der Waals surface area (Å²) in [7, 11) is -2.18. The number of amides is 2. The minimum Gasteiger partial charge on any atom is -0.381 e. The Hall–Kier alpha value is -1.60. The van der Waals surface area contributed by atoms with Gasteiger partial charge in [-0.15, -0.1) is 0 Å². The highest BCUT2D eigenvalue weighted by Gasteiger charge is 2.26. The van der Waals surface area contributed by atoms with Gasteiger partial charge in [0.25, 0.3) is 10.0 Å². The van der Waals surface area contributed by atoms with Crippen molar-refractivity contribution in [2.45, 2.75) is 30.8 Å². The van der Waals surface area contributed by atoms with Gasteiger partial charge in [0, 0.05) is 20.2 Å². The highest BCUT2D eigenvalue weighted by molar-refractivity contribution is 7.90. The number of piperidine rings is 1. The largest absolute Gasteiger partial charge is 0.381 e. The summed E-state index contributed by atoms with van der Waals surface area (Å²) in [5, 5.41) is 0. The van der Waals surface area contributed by atoms with E-state index in [9.17, 15) is 13.2 Å². The van der Waals surface area contributed by atoms with E-state index < -0.39 is 16.1 Å². The second kappa shape index (κ2) is 6.44. The predicted molar refractivity (Wildman–Crippen MR) is 78.5 cm³/mol. The Morgan fingerprint density at radius 1 is 1.24 bits per heavy atom. The molecule has 0 spiro atoms. The van der Waals surface area contributed by atoms with E-state index in [4.69, 9.17) is 4.74 Å². The highest BCUT2D eigenvalue weighted by atomic mass is 32.2. The first-order valence-electron chi connectivity index (χ1n) is 6.83. The fourth-order valence-corrected chi connectivity index (χ4v) is 3.22. The van der Waals surface area contributed by atoms with Gasteiger partial charge in [-0.2, -0.15) is 0 Å². The van der Waals surface area contributed by atoms with Gasteiger partial charge in [-0.25, -0.2) is 17.9 Å². The number of benzene rings is 1. The second-order valence-electron chi connectivity index (χ2n) is 5.15. The summed E-state index contributed by atoms with van der Waals surface area (Å²) in [6, 6.07) is 5.79. The number of sulfonamides is 1. The second-order valence-corrected chi connectivity index (χ2v) is 6.83. The topological polar surface area (TPSA) is 75.7 Å². The lowest BCUT2D eigenvalue weighted by Gasteiger charge is -2.31. The monoisotopic (exact) mass is 312 g/mol. The molecule has 2 amide bonds. The molecule has 0 aliphatic carbocycles. The smallest absolute Gasteiger partial charge is 0.331 e. The third kappa shape index (κ3) is 3.95. The Balaban J connectivity index is 2.00. The van der Waals surface area contributed by atoms with Crippen LogP contribution >= 0.6 is 0 Å². The number of methoxy groups -OCH3 is 1. The third-order valence-electron chi connectivity index (χ3n) is 3.62. The molecule has 1 saturated heterocycles. The van der Waals surface area contributed by atoms with Gasteiger partial charge >= 0.3 is 6.03 Å². The Morgan fingerprint density at radius 2 is 1.81 bits per heavy atom. The number of rotatable bonds is 3. The number of ether oxygens (including phenoxy) is 1. The lowest BCUT2D eigenvalue weighted by atomic mass is 10.1. The molecule has 6 nitrogen and oxygen atoms in total. The van der Waals surface area contributed by atoms with Crippen molar-refractivity contribution < 1.29 is 17.9 Å². The zero-order chi connectivity index (χ0) is 15.5. The normalized spacial score (nSPS) is 16.8. The summed E-state index contributed by atoms with van der Waals surface area (Å²) < 4.78 is 31.6. The maximum atomic E-state index is 12.1.